The Morgan fingerprint density at radius 2 is 1.84 bits per heavy atom. The highest BCUT2D eigenvalue weighted by Gasteiger charge is 2.31. The van der Waals surface area contributed by atoms with Gasteiger partial charge in [-0.2, -0.15) is 4.31 Å². The van der Waals surface area contributed by atoms with Gasteiger partial charge in [-0.05, 0) is 61.6 Å². The summed E-state index contributed by atoms with van der Waals surface area (Å²) in [6.07, 6.45) is 1.17. The number of anilines is 1. The topological polar surface area (TPSA) is 92.5 Å². The van der Waals surface area contributed by atoms with Crippen LogP contribution in [0.1, 0.15) is 31.7 Å². The number of amides is 1. The quantitative estimate of drug-likeness (QED) is 0.567. The van der Waals surface area contributed by atoms with Gasteiger partial charge in [0.2, 0.25) is 15.9 Å². The number of thiazole rings is 1. The molecular weight excluding hydrogens is 446 g/mol. The van der Waals surface area contributed by atoms with Crippen LogP contribution in [0.2, 0.25) is 0 Å². The normalized spacial score (nSPS) is 19.7. The Bertz CT molecular complexity index is 1190. The van der Waals surface area contributed by atoms with Crippen LogP contribution >= 0.6 is 11.3 Å². The molecule has 1 amide bonds. The molecule has 1 saturated heterocycles. The molecule has 32 heavy (non-hydrogen) atoms. The van der Waals surface area contributed by atoms with Crippen LogP contribution in [0.25, 0.3) is 10.8 Å². The summed E-state index contributed by atoms with van der Waals surface area (Å²) in [5.41, 5.74) is 1.20. The van der Waals surface area contributed by atoms with Crippen LogP contribution in [-0.2, 0) is 21.2 Å². The number of carbonyl (C=O) groups excluding carboxylic acids is 1. The monoisotopic (exact) mass is 473 g/mol. The summed E-state index contributed by atoms with van der Waals surface area (Å²) in [4.78, 5) is 17.1. The maximum atomic E-state index is 13.0. The maximum absolute atomic E-state index is 13.0. The van der Waals surface area contributed by atoms with Crippen LogP contribution in [0, 0.1) is 18.8 Å². The van der Waals surface area contributed by atoms with Crippen molar-refractivity contribution in [3.8, 4) is 10.8 Å². The molecule has 0 saturated carbocycles. The van der Waals surface area contributed by atoms with Crippen molar-refractivity contribution in [3.05, 3.63) is 53.2 Å². The minimum atomic E-state index is -3.54. The summed E-state index contributed by atoms with van der Waals surface area (Å²) in [6.45, 7) is 7.11. The molecule has 2 unspecified atom stereocenters. The Kier molecular flexibility index (Phi) is 6.50. The SMILES string of the molecule is Cc1ccc(-c2nc(CC(=O)Nc3ccc(S(=O)(=O)N4CC(C)CC(C)C4)cc3)cs2)o1. The first-order chi connectivity index (χ1) is 15.2. The number of benzene rings is 1. The van der Waals surface area contributed by atoms with Gasteiger partial charge in [-0.1, -0.05) is 13.8 Å². The van der Waals surface area contributed by atoms with Gasteiger partial charge in [0.25, 0.3) is 0 Å². The van der Waals surface area contributed by atoms with E-state index in [1.165, 1.54) is 11.3 Å². The molecule has 0 spiro atoms. The Labute approximate surface area is 192 Å². The van der Waals surface area contributed by atoms with Gasteiger partial charge >= 0.3 is 0 Å². The van der Waals surface area contributed by atoms with Crippen LogP contribution in [0.4, 0.5) is 5.69 Å². The third-order valence-electron chi connectivity index (χ3n) is 5.46. The Morgan fingerprint density at radius 3 is 2.47 bits per heavy atom. The van der Waals surface area contributed by atoms with Gasteiger partial charge in [0, 0.05) is 24.2 Å². The second-order valence-electron chi connectivity index (χ2n) is 8.57. The fourth-order valence-electron chi connectivity index (χ4n) is 4.08. The van der Waals surface area contributed by atoms with E-state index in [1.54, 1.807) is 28.6 Å². The van der Waals surface area contributed by atoms with Gasteiger partial charge in [-0.15, -0.1) is 11.3 Å². The van der Waals surface area contributed by atoms with E-state index in [9.17, 15) is 13.2 Å². The number of furan rings is 1. The Hall–Kier alpha value is -2.49. The maximum Gasteiger partial charge on any atom is 0.243 e. The fourth-order valence-corrected chi connectivity index (χ4v) is 6.54. The average Bonchev–Trinajstić information content (AvgIpc) is 3.36. The van der Waals surface area contributed by atoms with E-state index >= 15 is 0 Å². The van der Waals surface area contributed by atoms with Crippen molar-refractivity contribution in [2.75, 3.05) is 18.4 Å². The van der Waals surface area contributed by atoms with E-state index in [0.717, 1.165) is 17.2 Å². The summed E-state index contributed by atoms with van der Waals surface area (Å²) in [7, 11) is -3.54. The number of aromatic nitrogens is 1. The number of rotatable bonds is 6. The highest BCUT2D eigenvalue weighted by atomic mass is 32.2. The highest BCUT2D eigenvalue weighted by molar-refractivity contribution is 7.89. The van der Waals surface area contributed by atoms with Gasteiger partial charge in [-0.3, -0.25) is 4.79 Å². The lowest BCUT2D eigenvalue weighted by Crippen LogP contribution is -2.42. The largest absolute Gasteiger partial charge is 0.459 e. The summed E-state index contributed by atoms with van der Waals surface area (Å²) in [6, 6.07) is 10.1. The van der Waals surface area contributed by atoms with Crippen molar-refractivity contribution in [3.63, 3.8) is 0 Å². The molecule has 2 aromatic heterocycles. The lowest BCUT2D eigenvalue weighted by Gasteiger charge is -2.34. The van der Waals surface area contributed by atoms with Crippen molar-refractivity contribution in [1.29, 1.82) is 0 Å². The molecule has 9 heteroatoms. The van der Waals surface area contributed by atoms with Crippen LogP contribution in [-0.4, -0.2) is 36.7 Å². The zero-order valence-electron chi connectivity index (χ0n) is 18.4. The molecule has 7 nitrogen and oxygen atoms in total. The number of piperidine rings is 1. The number of nitrogens with one attached hydrogen (secondary N) is 1. The standard InChI is InChI=1S/C23H27N3O4S2/c1-15-10-16(2)13-26(12-15)32(28,29)20-7-5-18(6-8-20)24-22(27)11-19-14-31-23(25-19)21-9-4-17(3)30-21/h4-9,14-16H,10-13H2,1-3H3,(H,24,27). The van der Waals surface area contributed by atoms with Crippen molar-refractivity contribution < 1.29 is 17.6 Å². The number of hydrogen-bond donors (Lipinski definition) is 1. The van der Waals surface area contributed by atoms with Crippen LogP contribution in [0.3, 0.4) is 0 Å². The van der Waals surface area contributed by atoms with Crippen molar-refractivity contribution in [2.45, 2.75) is 38.5 Å². The molecule has 0 bridgehead atoms. The first kappa shape index (κ1) is 22.7. The molecule has 1 fully saturated rings. The summed E-state index contributed by atoms with van der Waals surface area (Å²) < 4.78 is 33.1. The molecule has 3 heterocycles. The molecule has 170 valence electrons. The first-order valence-electron chi connectivity index (χ1n) is 10.6. The minimum absolute atomic E-state index is 0.125. The number of hydrogen-bond acceptors (Lipinski definition) is 6. The van der Waals surface area contributed by atoms with Gasteiger partial charge in [0.1, 0.15) is 5.76 Å². The second kappa shape index (κ2) is 9.17. The smallest absolute Gasteiger partial charge is 0.243 e. The van der Waals surface area contributed by atoms with E-state index in [-0.39, 0.29) is 17.2 Å². The van der Waals surface area contributed by atoms with E-state index in [1.807, 2.05) is 24.4 Å². The summed E-state index contributed by atoms with van der Waals surface area (Å²) >= 11 is 1.43. The first-order valence-corrected chi connectivity index (χ1v) is 12.9. The van der Waals surface area contributed by atoms with Crippen molar-refractivity contribution in [1.82, 2.24) is 9.29 Å². The lowest BCUT2D eigenvalue weighted by atomic mass is 9.94. The summed E-state index contributed by atoms with van der Waals surface area (Å²) in [5, 5.41) is 5.38. The molecule has 0 radical (unpaired) electrons. The second-order valence-corrected chi connectivity index (χ2v) is 11.4. The lowest BCUT2D eigenvalue weighted by molar-refractivity contribution is -0.115. The van der Waals surface area contributed by atoms with Gasteiger partial charge in [-0.25, -0.2) is 13.4 Å². The van der Waals surface area contributed by atoms with Crippen LogP contribution in [0.5, 0.6) is 0 Å². The van der Waals surface area contributed by atoms with E-state index < -0.39 is 10.0 Å². The summed E-state index contributed by atoms with van der Waals surface area (Å²) in [5.74, 6) is 1.97. The molecule has 1 N–H and O–H groups in total. The molecular formula is C23H27N3O4S2. The number of carbonyl (C=O) groups is 1. The molecule has 1 aliphatic heterocycles. The fraction of sp³-hybridized carbons (Fsp3) is 0.391. The molecule has 1 aliphatic rings. The number of nitrogens with zero attached hydrogens (tertiary/aromatic N) is 2. The molecule has 4 rings (SSSR count). The van der Waals surface area contributed by atoms with Crippen LogP contribution < -0.4 is 5.32 Å². The van der Waals surface area contributed by atoms with E-state index in [2.05, 4.69) is 24.1 Å². The molecule has 1 aromatic carbocycles. The molecule has 0 aliphatic carbocycles. The third kappa shape index (κ3) is 5.11. The van der Waals surface area contributed by atoms with Gasteiger partial charge in [0.05, 0.1) is 17.0 Å². The molecule has 2 atom stereocenters. The number of sulfonamides is 1. The van der Waals surface area contributed by atoms with Crippen LogP contribution in [0.15, 0.2) is 51.1 Å². The van der Waals surface area contributed by atoms with E-state index in [0.29, 0.717) is 42.1 Å². The molecule has 3 aromatic rings. The zero-order chi connectivity index (χ0) is 22.9. The minimum Gasteiger partial charge on any atom is -0.459 e. The average molecular weight is 474 g/mol. The predicted molar refractivity (Wildman–Crippen MR) is 125 cm³/mol. The van der Waals surface area contributed by atoms with Gasteiger partial charge < -0.3 is 9.73 Å². The highest BCUT2D eigenvalue weighted by Crippen LogP contribution is 2.28. The number of aryl methyl sites for hydroxylation is 1. The van der Waals surface area contributed by atoms with E-state index in [4.69, 9.17) is 4.42 Å². The zero-order valence-corrected chi connectivity index (χ0v) is 20.0. The van der Waals surface area contributed by atoms with Crippen molar-refractivity contribution in [2.24, 2.45) is 11.8 Å². The third-order valence-corrected chi connectivity index (χ3v) is 8.21. The van der Waals surface area contributed by atoms with Gasteiger partial charge in [0.15, 0.2) is 10.8 Å². The van der Waals surface area contributed by atoms with Crippen molar-refractivity contribution >= 4 is 33.0 Å². The predicted octanol–water partition coefficient (Wildman–Crippen LogP) is 4.56. The Balaban J connectivity index is 1.38. The Morgan fingerprint density at radius 1 is 1.16 bits per heavy atom.